The lowest BCUT2D eigenvalue weighted by atomic mass is 10.0. The van der Waals surface area contributed by atoms with E-state index in [9.17, 15) is 0 Å². The van der Waals surface area contributed by atoms with Crippen molar-refractivity contribution in [2.75, 3.05) is 0 Å². The minimum Gasteiger partial charge on any atom is -0.278 e. The molecule has 5 aromatic heterocycles. The number of hydrogen-bond donors (Lipinski definition) is 0. The second kappa shape index (κ2) is 17.4. The molecular formula is C66H40N8S. The minimum absolute atomic E-state index is 0.552. The van der Waals surface area contributed by atoms with Gasteiger partial charge in [-0.15, -0.1) is 11.3 Å². The molecule has 9 heteroatoms. The quantitative estimate of drug-likeness (QED) is 0.151. The van der Waals surface area contributed by atoms with Crippen molar-refractivity contribution in [1.29, 1.82) is 0 Å². The largest absolute Gasteiger partial charge is 0.278 e. The third-order valence-electron chi connectivity index (χ3n) is 14.3. The molecule has 0 spiro atoms. The molecule has 0 atom stereocenters. The van der Waals surface area contributed by atoms with Gasteiger partial charge in [-0.2, -0.15) is 19.9 Å². The fraction of sp³-hybridized carbons (Fsp3) is 0. The zero-order valence-corrected chi connectivity index (χ0v) is 40.9. The number of hydrogen-bond acceptors (Lipinski definition) is 7. The lowest BCUT2D eigenvalue weighted by Gasteiger charge is -2.11. The van der Waals surface area contributed by atoms with Crippen molar-refractivity contribution in [3.05, 3.63) is 243 Å². The van der Waals surface area contributed by atoms with Gasteiger partial charge in [-0.25, -0.2) is 9.97 Å². The van der Waals surface area contributed by atoms with Crippen molar-refractivity contribution in [3.8, 4) is 79.7 Å². The van der Waals surface area contributed by atoms with E-state index in [1.165, 1.54) is 20.2 Å². The summed E-state index contributed by atoms with van der Waals surface area (Å²) in [5, 5.41) is 6.87. The van der Waals surface area contributed by atoms with Gasteiger partial charge in [0.2, 0.25) is 11.9 Å². The third-order valence-corrected chi connectivity index (χ3v) is 15.5. The van der Waals surface area contributed by atoms with Crippen molar-refractivity contribution in [2.24, 2.45) is 0 Å². The Hall–Kier alpha value is -9.96. The van der Waals surface area contributed by atoms with Crippen molar-refractivity contribution < 1.29 is 0 Å². The van der Waals surface area contributed by atoms with Crippen LogP contribution in [0.1, 0.15) is 0 Å². The molecule has 0 radical (unpaired) electrons. The zero-order valence-electron chi connectivity index (χ0n) is 40.1. The van der Waals surface area contributed by atoms with Crippen LogP contribution >= 0.6 is 11.3 Å². The average Bonchev–Trinajstić information content (AvgIpc) is 4.24. The molecule has 0 aliphatic rings. The van der Waals surface area contributed by atoms with Crippen LogP contribution in [0.25, 0.3) is 143 Å². The van der Waals surface area contributed by atoms with E-state index in [-0.39, 0.29) is 0 Å². The summed E-state index contributed by atoms with van der Waals surface area (Å²) in [6, 6.07) is 84.5. The molecule has 10 aromatic carbocycles. The van der Waals surface area contributed by atoms with E-state index in [1.807, 2.05) is 84.1 Å². The standard InChI is InChI=1S/C66H40N8S/c1-7-19-41(20-8-1)47-31-35-53-51(39-47)57-55(73(53)65-69-61(43-23-11-3-12-24-43)67-62(70-65)44-25-13-4-14-26-44)37-33-49-50-34-38-56-58(60(50)75-59(49)57)52-40-48(42-21-9-2-10-22-42)32-36-54(52)74(56)66-71-63(45-27-15-5-16-28-45)68-64(72-66)46-29-17-6-18-30-46/h1-40H. The van der Waals surface area contributed by atoms with E-state index in [1.54, 1.807) is 0 Å². The Labute approximate surface area is 434 Å². The molecule has 15 aromatic rings. The molecule has 5 heterocycles. The van der Waals surface area contributed by atoms with Gasteiger partial charge in [0.05, 0.1) is 22.1 Å². The van der Waals surface area contributed by atoms with Crippen LogP contribution in [0.15, 0.2) is 243 Å². The third kappa shape index (κ3) is 7.12. The molecule has 8 nitrogen and oxygen atoms in total. The van der Waals surface area contributed by atoms with Gasteiger partial charge in [-0.1, -0.05) is 206 Å². The fourth-order valence-corrected chi connectivity index (χ4v) is 12.2. The summed E-state index contributed by atoms with van der Waals surface area (Å²) in [7, 11) is 0. The number of aromatic nitrogens is 8. The molecule has 75 heavy (non-hydrogen) atoms. The van der Waals surface area contributed by atoms with E-state index in [2.05, 4.69) is 179 Å². The number of fused-ring (bicyclic) bond motifs is 11. The number of rotatable bonds is 8. The summed E-state index contributed by atoms with van der Waals surface area (Å²) >= 11 is 1.84. The summed E-state index contributed by atoms with van der Waals surface area (Å²) < 4.78 is 6.82. The monoisotopic (exact) mass is 976 g/mol. The minimum atomic E-state index is 0.552. The Morgan fingerprint density at radius 1 is 0.240 bits per heavy atom. The highest BCUT2D eigenvalue weighted by Gasteiger charge is 2.25. The molecule has 0 saturated carbocycles. The first kappa shape index (κ1) is 42.7. The lowest BCUT2D eigenvalue weighted by Crippen LogP contribution is -2.06. The van der Waals surface area contributed by atoms with Crippen molar-refractivity contribution in [3.63, 3.8) is 0 Å². The lowest BCUT2D eigenvalue weighted by molar-refractivity contribution is 0.953. The first-order valence-corrected chi connectivity index (χ1v) is 25.8. The van der Waals surface area contributed by atoms with Crippen LogP contribution in [0.4, 0.5) is 0 Å². The first-order chi connectivity index (χ1) is 37.2. The highest BCUT2D eigenvalue weighted by atomic mass is 32.1. The predicted octanol–water partition coefficient (Wildman–Crippen LogP) is 16.6. The Morgan fingerprint density at radius 3 is 0.853 bits per heavy atom. The van der Waals surface area contributed by atoms with Crippen molar-refractivity contribution in [2.45, 2.75) is 0 Å². The number of benzene rings is 10. The molecule has 0 amide bonds. The Kier molecular flexibility index (Phi) is 9.89. The van der Waals surface area contributed by atoms with Crippen LogP contribution in [0, 0.1) is 0 Å². The predicted molar refractivity (Wildman–Crippen MR) is 307 cm³/mol. The summed E-state index contributed by atoms with van der Waals surface area (Å²) in [6.45, 7) is 0. The molecule has 15 rings (SSSR count). The van der Waals surface area contributed by atoms with Gasteiger partial charge < -0.3 is 0 Å². The van der Waals surface area contributed by atoms with Crippen molar-refractivity contribution in [1.82, 2.24) is 39.0 Å². The molecule has 0 aliphatic carbocycles. The van der Waals surface area contributed by atoms with Crippen LogP contribution < -0.4 is 0 Å². The summed E-state index contributed by atoms with van der Waals surface area (Å²) in [4.78, 5) is 31.3. The normalized spacial score (nSPS) is 11.7. The van der Waals surface area contributed by atoms with Crippen LogP contribution in [0.3, 0.4) is 0 Å². The molecule has 0 bridgehead atoms. The maximum Gasteiger partial charge on any atom is 0.238 e. The van der Waals surface area contributed by atoms with Gasteiger partial charge in [0.25, 0.3) is 0 Å². The van der Waals surface area contributed by atoms with E-state index >= 15 is 0 Å². The number of thiophene rings is 1. The highest BCUT2D eigenvalue weighted by Crippen LogP contribution is 2.48. The first-order valence-electron chi connectivity index (χ1n) is 24.9. The zero-order chi connectivity index (χ0) is 49.4. The Morgan fingerprint density at radius 2 is 0.533 bits per heavy atom. The van der Waals surface area contributed by atoms with Gasteiger partial charge in [-0.05, 0) is 58.7 Å². The van der Waals surface area contributed by atoms with Gasteiger partial charge in [-0.3, -0.25) is 9.13 Å². The van der Waals surface area contributed by atoms with Crippen LogP contribution in [-0.2, 0) is 0 Å². The topological polar surface area (TPSA) is 87.2 Å². The van der Waals surface area contributed by atoms with Gasteiger partial charge in [0, 0.05) is 64.0 Å². The van der Waals surface area contributed by atoms with Crippen molar-refractivity contribution >= 4 is 75.1 Å². The van der Waals surface area contributed by atoms with E-state index in [0.717, 1.165) is 88.1 Å². The summed E-state index contributed by atoms with van der Waals surface area (Å²) in [5.41, 5.74) is 12.3. The molecule has 0 unspecified atom stereocenters. The van der Waals surface area contributed by atoms with E-state index < -0.39 is 0 Å². The SMILES string of the molecule is c1ccc(-c2ccc3c(c2)c2c4sc5c(ccc6c5c5cc(-c7ccccc7)ccc5n6-c5nc(-c6ccccc6)nc(-c6ccccc6)n5)c4ccc2n3-c2nc(-c3ccccc3)nc(-c3ccccc3)n2)cc1. The van der Waals surface area contributed by atoms with Crippen LogP contribution in [0.5, 0.6) is 0 Å². The Bertz CT molecular complexity index is 4260. The highest BCUT2D eigenvalue weighted by molar-refractivity contribution is 7.27. The fourth-order valence-electron chi connectivity index (χ4n) is 10.7. The molecule has 0 fully saturated rings. The molecule has 0 aliphatic heterocycles. The second-order valence-electron chi connectivity index (χ2n) is 18.7. The molecule has 0 N–H and O–H groups in total. The second-order valence-corrected chi connectivity index (χ2v) is 19.7. The van der Waals surface area contributed by atoms with E-state index in [4.69, 9.17) is 29.9 Å². The van der Waals surface area contributed by atoms with E-state index in [0.29, 0.717) is 35.2 Å². The smallest absolute Gasteiger partial charge is 0.238 e. The van der Waals surface area contributed by atoms with Gasteiger partial charge in [0.1, 0.15) is 0 Å². The average molecular weight is 977 g/mol. The van der Waals surface area contributed by atoms with Gasteiger partial charge >= 0.3 is 0 Å². The van der Waals surface area contributed by atoms with Gasteiger partial charge in [0.15, 0.2) is 23.3 Å². The molecular weight excluding hydrogens is 937 g/mol. The molecule has 350 valence electrons. The number of nitrogens with zero attached hydrogens (tertiary/aromatic N) is 8. The van der Waals surface area contributed by atoms with Crippen LogP contribution in [-0.4, -0.2) is 39.0 Å². The Balaban J connectivity index is 1.04. The van der Waals surface area contributed by atoms with Crippen LogP contribution in [0.2, 0.25) is 0 Å². The summed E-state index contributed by atoms with van der Waals surface area (Å²) in [5.74, 6) is 3.54. The summed E-state index contributed by atoms with van der Waals surface area (Å²) in [6.07, 6.45) is 0. The molecule has 0 saturated heterocycles. The maximum atomic E-state index is 5.29. The maximum absolute atomic E-state index is 5.29.